The third kappa shape index (κ3) is 3.55. The molecule has 0 saturated heterocycles. The highest BCUT2D eigenvalue weighted by molar-refractivity contribution is 6.04. The highest BCUT2D eigenvalue weighted by Gasteiger charge is 2.22. The predicted molar refractivity (Wildman–Crippen MR) is 97.3 cm³/mol. The molecule has 1 heterocycles. The van der Waals surface area contributed by atoms with E-state index in [2.05, 4.69) is 6.07 Å². The van der Waals surface area contributed by atoms with E-state index < -0.39 is 5.97 Å². The predicted octanol–water partition coefficient (Wildman–Crippen LogP) is 4.27. The van der Waals surface area contributed by atoms with Gasteiger partial charge < -0.3 is 13.9 Å². The average Bonchev–Trinajstić information content (AvgIpc) is 3.04. The molecule has 0 radical (unpaired) electrons. The van der Waals surface area contributed by atoms with Gasteiger partial charge in [0.05, 0.1) is 25.3 Å². The lowest BCUT2D eigenvalue weighted by molar-refractivity contribution is 0.0526. The lowest BCUT2D eigenvalue weighted by Gasteiger charge is -2.05. The summed E-state index contributed by atoms with van der Waals surface area (Å²) in [6, 6.07) is 14.9. The topological polar surface area (TPSA) is 72.5 Å². The Kier molecular flexibility index (Phi) is 5.23. The van der Waals surface area contributed by atoms with Crippen molar-refractivity contribution in [3.05, 3.63) is 64.9 Å². The van der Waals surface area contributed by atoms with Crippen molar-refractivity contribution in [1.29, 1.82) is 5.26 Å². The molecule has 0 spiro atoms. The van der Waals surface area contributed by atoms with Crippen molar-refractivity contribution in [2.75, 3.05) is 13.7 Å². The fourth-order valence-electron chi connectivity index (χ4n) is 2.87. The number of fused-ring (bicyclic) bond motifs is 1. The molecule has 3 aromatic rings. The molecular weight excluding hydrogens is 330 g/mol. The largest absolute Gasteiger partial charge is 0.497 e. The van der Waals surface area contributed by atoms with Gasteiger partial charge in [-0.05, 0) is 49.2 Å². The Hall–Kier alpha value is -3.26. The van der Waals surface area contributed by atoms with Crippen LogP contribution in [0.3, 0.4) is 0 Å². The molecule has 26 heavy (non-hydrogen) atoms. The lowest BCUT2D eigenvalue weighted by atomic mass is 10.0. The molecule has 0 atom stereocenters. The maximum Gasteiger partial charge on any atom is 0.342 e. The van der Waals surface area contributed by atoms with Crippen molar-refractivity contribution in [1.82, 2.24) is 0 Å². The number of aryl methyl sites for hydroxylation is 2. The normalized spacial score (nSPS) is 10.5. The standard InChI is InChI=1S/C21H19NO4/c1-3-25-21(23)20-17-12-15(13-22)7-10-18(17)26-19(20)11-6-14-4-8-16(24-2)9-5-14/h4-5,7-10,12H,3,6,11H2,1-2H3. The monoisotopic (exact) mass is 349 g/mol. The zero-order valence-corrected chi connectivity index (χ0v) is 14.7. The minimum Gasteiger partial charge on any atom is -0.497 e. The maximum atomic E-state index is 12.5. The van der Waals surface area contributed by atoms with Gasteiger partial charge in [-0.25, -0.2) is 4.79 Å². The highest BCUT2D eigenvalue weighted by Crippen LogP contribution is 2.29. The van der Waals surface area contributed by atoms with Gasteiger partial charge in [-0.1, -0.05) is 12.1 Å². The second-order valence-electron chi connectivity index (χ2n) is 5.79. The first-order valence-electron chi connectivity index (χ1n) is 8.41. The summed E-state index contributed by atoms with van der Waals surface area (Å²) in [5, 5.41) is 9.74. The lowest BCUT2D eigenvalue weighted by Crippen LogP contribution is -2.07. The van der Waals surface area contributed by atoms with Crippen molar-refractivity contribution >= 4 is 16.9 Å². The van der Waals surface area contributed by atoms with E-state index >= 15 is 0 Å². The average molecular weight is 349 g/mol. The molecule has 0 aliphatic heterocycles. The summed E-state index contributed by atoms with van der Waals surface area (Å²) in [7, 11) is 1.63. The molecule has 0 aliphatic carbocycles. The number of nitriles is 1. The Balaban J connectivity index is 1.94. The minimum absolute atomic E-state index is 0.279. The van der Waals surface area contributed by atoms with E-state index in [0.717, 1.165) is 11.3 Å². The highest BCUT2D eigenvalue weighted by atomic mass is 16.5. The first-order chi connectivity index (χ1) is 12.7. The Bertz CT molecular complexity index is 964. The number of carbonyl (C=O) groups excluding carboxylic acids is 1. The van der Waals surface area contributed by atoms with Crippen molar-refractivity contribution in [3.8, 4) is 11.8 Å². The first kappa shape index (κ1) is 17.6. The number of esters is 1. The maximum absolute atomic E-state index is 12.5. The molecule has 0 saturated carbocycles. The molecule has 0 unspecified atom stereocenters. The smallest absolute Gasteiger partial charge is 0.342 e. The molecule has 0 amide bonds. The van der Waals surface area contributed by atoms with Gasteiger partial charge in [-0.2, -0.15) is 5.26 Å². The summed E-state index contributed by atoms with van der Waals surface area (Å²) in [6.45, 7) is 2.04. The number of ether oxygens (including phenoxy) is 2. The van der Waals surface area contributed by atoms with Gasteiger partial charge in [-0.15, -0.1) is 0 Å². The quantitative estimate of drug-likeness (QED) is 0.621. The van der Waals surface area contributed by atoms with E-state index in [0.29, 0.717) is 40.7 Å². The molecule has 5 nitrogen and oxygen atoms in total. The van der Waals surface area contributed by atoms with E-state index in [4.69, 9.17) is 19.2 Å². The Morgan fingerprint density at radius 1 is 1.15 bits per heavy atom. The molecule has 5 heteroatoms. The van der Waals surface area contributed by atoms with E-state index in [1.165, 1.54) is 0 Å². The molecule has 2 aromatic carbocycles. The summed E-state index contributed by atoms with van der Waals surface area (Å²) in [6.07, 6.45) is 1.26. The Labute approximate surface area is 151 Å². The van der Waals surface area contributed by atoms with Crippen LogP contribution in [-0.4, -0.2) is 19.7 Å². The molecule has 0 bridgehead atoms. The summed E-state index contributed by atoms with van der Waals surface area (Å²) in [4.78, 5) is 12.5. The molecule has 0 aliphatic rings. The number of hydrogen-bond donors (Lipinski definition) is 0. The van der Waals surface area contributed by atoms with Crippen LogP contribution in [0.5, 0.6) is 5.75 Å². The summed E-state index contributed by atoms with van der Waals surface area (Å²) >= 11 is 0. The van der Waals surface area contributed by atoms with Gasteiger partial charge in [0.1, 0.15) is 22.7 Å². The van der Waals surface area contributed by atoms with Gasteiger partial charge >= 0.3 is 5.97 Å². The van der Waals surface area contributed by atoms with Crippen LogP contribution in [-0.2, 0) is 17.6 Å². The summed E-state index contributed by atoms with van der Waals surface area (Å²) in [5.74, 6) is 0.948. The molecule has 0 N–H and O–H groups in total. The van der Waals surface area contributed by atoms with Crippen LogP contribution in [0.1, 0.15) is 34.2 Å². The molecule has 3 rings (SSSR count). The number of benzene rings is 2. The van der Waals surface area contributed by atoms with Gasteiger partial charge in [0.2, 0.25) is 0 Å². The zero-order valence-electron chi connectivity index (χ0n) is 14.7. The van der Waals surface area contributed by atoms with E-state index in [9.17, 15) is 4.79 Å². The zero-order chi connectivity index (χ0) is 18.5. The van der Waals surface area contributed by atoms with Crippen molar-refractivity contribution in [2.45, 2.75) is 19.8 Å². The molecule has 1 aromatic heterocycles. The molecule has 132 valence electrons. The van der Waals surface area contributed by atoms with Crippen LogP contribution in [0.25, 0.3) is 11.0 Å². The van der Waals surface area contributed by atoms with Crippen molar-refractivity contribution in [2.24, 2.45) is 0 Å². The molecule has 0 fully saturated rings. The second-order valence-corrected chi connectivity index (χ2v) is 5.79. The second kappa shape index (κ2) is 7.75. The number of rotatable bonds is 6. The van der Waals surface area contributed by atoms with E-state index in [-0.39, 0.29) is 6.61 Å². The van der Waals surface area contributed by atoms with Gasteiger partial charge in [0.15, 0.2) is 0 Å². The summed E-state index contributed by atoms with van der Waals surface area (Å²) < 4.78 is 16.3. The Morgan fingerprint density at radius 2 is 1.92 bits per heavy atom. The van der Waals surface area contributed by atoms with Gasteiger partial charge in [0.25, 0.3) is 0 Å². The SMILES string of the molecule is CCOC(=O)c1c(CCc2ccc(OC)cc2)oc2ccc(C#N)cc12. The van der Waals surface area contributed by atoms with Crippen molar-refractivity contribution < 1.29 is 18.7 Å². The van der Waals surface area contributed by atoms with Gasteiger partial charge in [-0.3, -0.25) is 0 Å². The third-order valence-corrected chi connectivity index (χ3v) is 4.17. The van der Waals surface area contributed by atoms with E-state index in [1.807, 2.05) is 24.3 Å². The number of hydrogen-bond acceptors (Lipinski definition) is 5. The van der Waals surface area contributed by atoms with Crippen LogP contribution in [0.2, 0.25) is 0 Å². The number of nitrogens with zero attached hydrogens (tertiary/aromatic N) is 1. The summed E-state index contributed by atoms with van der Waals surface area (Å²) in [5.41, 5.74) is 2.58. The Morgan fingerprint density at radius 3 is 2.58 bits per heavy atom. The number of carbonyl (C=O) groups is 1. The molecular formula is C21H19NO4. The van der Waals surface area contributed by atoms with Crippen LogP contribution < -0.4 is 4.74 Å². The van der Waals surface area contributed by atoms with Crippen LogP contribution >= 0.6 is 0 Å². The van der Waals surface area contributed by atoms with Crippen LogP contribution in [0, 0.1) is 11.3 Å². The fraction of sp³-hybridized carbons (Fsp3) is 0.238. The minimum atomic E-state index is -0.425. The van der Waals surface area contributed by atoms with Crippen molar-refractivity contribution in [3.63, 3.8) is 0 Å². The number of furan rings is 1. The number of methoxy groups -OCH3 is 1. The van der Waals surface area contributed by atoms with Crippen LogP contribution in [0.4, 0.5) is 0 Å². The van der Waals surface area contributed by atoms with E-state index in [1.54, 1.807) is 32.2 Å². The fourth-order valence-corrected chi connectivity index (χ4v) is 2.87. The third-order valence-electron chi connectivity index (χ3n) is 4.17. The van der Waals surface area contributed by atoms with Gasteiger partial charge in [0, 0.05) is 11.8 Å². The van der Waals surface area contributed by atoms with Crippen LogP contribution in [0.15, 0.2) is 46.9 Å². The first-order valence-corrected chi connectivity index (χ1v) is 8.41.